The summed E-state index contributed by atoms with van der Waals surface area (Å²) in [7, 11) is 0. The van der Waals surface area contributed by atoms with Gasteiger partial charge >= 0.3 is 6.61 Å². The zero-order valence-corrected chi connectivity index (χ0v) is 23.7. The summed E-state index contributed by atoms with van der Waals surface area (Å²) in [4.78, 5) is 36.3. The fraction of sp³-hybridized carbons (Fsp3) is 0.323. The van der Waals surface area contributed by atoms with Gasteiger partial charge in [0.05, 0.1) is 11.6 Å². The number of nitrogens with zero attached hydrogens (tertiary/aromatic N) is 4. The van der Waals surface area contributed by atoms with Crippen LogP contribution in [0.2, 0.25) is 0 Å². The highest BCUT2D eigenvalue weighted by Crippen LogP contribution is 2.31. The molecular formula is C31H33F2N7O3. The molecule has 43 heavy (non-hydrogen) atoms. The average Bonchev–Trinajstić information content (AvgIpc) is 3.56. The molecule has 12 heteroatoms. The number of amides is 2. The maximum absolute atomic E-state index is 13.4. The number of hydrogen-bond acceptors (Lipinski definition) is 8. The van der Waals surface area contributed by atoms with Crippen LogP contribution in [-0.2, 0) is 4.79 Å². The molecule has 0 aromatic heterocycles. The van der Waals surface area contributed by atoms with Crippen LogP contribution in [0.15, 0.2) is 78.0 Å². The normalized spacial score (nSPS) is 19.8. The first-order chi connectivity index (χ1) is 20.9. The third-order valence-corrected chi connectivity index (χ3v) is 8.00. The van der Waals surface area contributed by atoms with Crippen LogP contribution in [-0.4, -0.2) is 78.2 Å². The second-order valence-electron chi connectivity index (χ2n) is 10.7. The van der Waals surface area contributed by atoms with Crippen molar-refractivity contribution in [2.24, 2.45) is 10.9 Å². The Labute approximate surface area is 248 Å². The summed E-state index contributed by atoms with van der Waals surface area (Å²) in [5, 5.41) is 9.75. The number of ether oxygens (including phenoxy) is 1. The van der Waals surface area contributed by atoms with Crippen molar-refractivity contribution in [1.82, 2.24) is 25.3 Å². The summed E-state index contributed by atoms with van der Waals surface area (Å²) < 4.78 is 29.6. The van der Waals surface area contributed by atoms with Gasteiger partial charge in [-0.1, -0.05) is 0 Å². The number of amidine groups is 1. The van der Waals surface area contributed by atoms with E-state index in [4.69, 9.17) is 0 Å². The minimum Gasteiger partial charge on any atom is -0.435 e. The summed E-state index contributed by atoms with van der Waals surface area (Å²) in [6, 6.07) is 12.0. The Bertz CT molecular complexity index is 1510. The van der Waals surface area contributed by atoms with Crippen molar-refractivity contribution >= 4 is 29.0 Å². The third-order valence-electron chi connectivity index (χ3n) is 8.00. The van der Waals surface area contributed by atoms with E-state index >= 15 is 0 Å². The van der Waals surface area contributed by atoms with Gasteiger partial charge < -0.3 is 35.4 Å². The summed E-state index contributed by atoms with van der Waals surface area (Å²) >= 11 is 0. The van der Waals surface area contributed by atoms with E-state index in [9.17, 15) is 18.4 Å². The van der Waals surface area contributed by atoms with E-state index in [0.29, 0.717) is 37.6 Å². The number of anilines is 1. The van der Waals surface area contributed by atoms with Gasteiger partial charge in [0.1, 0.15) is 11.4 Å². The maximum atomic E-state index is 13.4. The predicted octanol–water partition coefficient (Wildman–Crippen LogP) is 3.53. The molecular weight excluding hydrogens is 556 g/mol. The van der Waals surface area contributed by atoms with E-state index in [-0.39, 0.29) is 23.5 Å². The second kappa shape index (κ2) is 12.3. The number of aliphatic imine (C=N–C) groups is 1. The molecule has 4 heterocycles. The van der Waals surface area contributed by atoms with E-state index in [1.807, 2.05) is 58.4 Å². The van der Waals surface area contributed by atoms with Crippen molar-refractivity contribution in [2.45, 2.75) is 20.0 Å². The zero-order chi connectivity index (χ0) is 29.9. The number of fused-ring (bicyclic) bond motifs is 1. The Morgan fingerprint density at radius 2 is 1.77 bits per heavy atom. The van der Waals surface area contributed by atoms with E-state index < -0.39 is 6.61 Å². The molecule has 2 aromatic rings. The van der Waals surface area contributed by atoms with Crippen LogP contribution in [0, 0.1) is 12.8 Å². The molecule has 1 atom stereocenters. The maximum Gasteiger partial charge on any atom is 0.387 e. The van der Waals surface area contributed by atoms with Gasteiger partial charge in [-0.3, -0.25) is 9.59 Å². The molecule has 4 aliphatic heterocycles. The Morgan fingerprint density at radius 3 is 2.47 bits per heavy atom. The van der Waals surface area contributed by atoms with Crippen molar-refractivity contribution in [1.29, 1.82) is 0 Å². The number of alkyl halides is 2. The minimum absolute atomic E-state index is 0.0401. The molecule has 6 rings (SSSR count). The predicted molar refractivity (Wildman–Crippen MR) is 159 cm³/mol. The van der Waals surface area contributed by atoms with E-state index in [0.717, 1.165) is 47.7 Å². The number of hydrogen-bond donors (Lipinski definition) is 3. The highest BCUT2D eigenvalue weighted by molar-refractivity contribution is 6.10. The fourth-order valence-electron chi connectivity index (χ4n) is 5.72. The molecule has 0 unspecified atom stereocenters. The first-order valence-corrected chi connectivity index (χ1v) is 14.3. The molecule has 2 aromatic carbocycles. The van der Waals surface area contributed by atoms with Crippen molar-refractivity contribution in [3.05, 3.63) is 89.7 Å². The molecule has 4 aliphatic rings. The molecule has 0 spiro atoms. The highest BCUT2D eigenvalue weighted by atomic mass is 19.3. The molecule has 3 N–H and O–H groups in total. The standard InChI is InChI=1S/C31H33F2N7O3/c1-20-16-23(4-7-25(20)30(42)39-14-12-38(13-15-39)29(41)22-8-9-34-17-22)37-28-27-19-35-18-26(40(27)11-10-36-28)21-2-5-24(6-3-21)43-31(32)33/h2-7,10-11,16,18-19,22,31,34-35H,8-9,12-15,17H2,1H3,(H,36,37)/t22-/m1/s1. The summed E-state index contributed by atoms with van der Waals surface area (Å²) in [6.07, 6.45) is 7.99. The molecule has 2 saturated heterocycles. The summed E-state index contributed by atoms with van der Waals surface area (Å²) in [5.41, 5.74) is 4.58. The average molecular weight is 590 g/mol. The number of halogens is 2. The lowest BCUT2D eigenvalue weighted by Crippen LogP contribution is -2.52. The molecule has 0 aliphatic carbocycles. The minimum atomic E-state index is -2.88. The molecule has 0 bridgehead atoms. The lowest BCUT2D eigenvalue weighted by atomic mass is 10.0. The van der Waals surface area contributed by atoms with Gasteiger partial charge in [-0.2, -0.15) is 8.78 Å². The van der Waals surface area contributed by atoms with Crippen LogP contribution in [0.1, 0.15) is 27.9 Å². The van der Waals surface area contributed by atoms with Crippen LogP contribution in [0.4, 0.5) is 14.5 Å². The Morgan fingerprint density at radius 1 is 1.02 bits per heavy atom. The van der Waals surface area contributed by atoms with E-state index in [2.05, 4.69) is 25.7 Å². The number of carbonyl (C=O) groups excluding carboxylic acids is 2. The number of nitrogens with one attached hydrogen (secondary N) is 3. The largest absolute Gasteiger partial charge is 0.435 e. The Kier molecular flexibility index (Phi) is 8.10. The van der Waals surface area contributed by atoms with Crippen LogP contribution < -0.4 is 20.7 Å². The topological polar surface area (TPSA) is 102 Å². The van der Waals surface area contributed by atoms with E-state index in [1.165, 1.54) is 12.1 Å². The number of aryl methyl sites for hydroxylation is 1. The number of rotatable bonds is 6. The number of piperazine rings is 1. The van der Waals surface area contributed by atoms with Crippen LogP contribution in [0.5, 0.6) is 5.75 Å². The van der Waals surface area contributed by atoms with Crippen molar-refractivity contribution in [3.8, 4) is 5.75 Å². The van der Waals surface area contributed by atoms with Gasteiger partial charge in [-0.15, -0.1) is 0 Å². The van der Waals surface area contributed by atoms with Crippen LogP contribution >= 0.6 is 0 Å². The van der Waals surface area contributed by atoms with Gasteiger partial charge in [-0.05, 0) is 67.9 Å². The van der Waals surface area contributed by atoms with Crippen LogP contribution in [0.25, 0.3) is 5.70 Å². The Hall–Kier alpha value is -4.71. The molecule has 224 valence electrons. The Balaban J connectivity index is 1.09. The molecule has 2 amide bonds. The monoisotopic (exact) mass is 589 g/mol. The second-order valence-corrected chi connectivity index (χ2v) is 10.7. The van der Waals surface area contributed by atoms with Crippen molar-refractivity contribution < 1.29 is 23.1 Å². The first-order valence-electron chi connectivity index (χ1n) is 14.3. The lowest BCUT2D eigenvalue weighted by Gasteiger charge is -2.36. The smallest absolute Gasteiger partial charge is 0.387 e. The number of benzene rings is 2. The van der Waals surface area contributed by atoms with E-state index in [1.54, 1.807) is 18.3 Å². The van der Waals surface area contributed by atoms with Crippen molar-refractivity contribution in [3.63, 3.8) is 0 Å². The van der Waals surface area contributed by atoms with Gasteiger partial charge in [0, 0.05) is 74.3 Å². The van der Waals surface area contributed by atoms with Gasteiger partial charge in [0.25, 0.3) is 5.91 Å². The molecule has 2 fully saturated rings. The third kappa shape index (κ3) is 6.09. The van der Waals surface area contributed by atoms with Gasteiger partial charge in [0.2, 0.25) is 5.91 Å². The fourth-order valence-corrected chi connectivity index (χ4v) is 5.72. The number of carbonyl (C=O) groups is 2. The highest BCUT2D eigenvalue weighted by Gasteiger charge is 2.31. The molecule has 0 saturated carbocycles. The summed E-state index contributed by atoms with van der Waals surface area (Å²) in [6.45, 7) is 2.78. The van der Waals surface area contributed by atoms with Gasteiger partial charge in [-0.25, -0.2) is 4.99 Å². The first kappa shape index (κ1) is 28.4. The molecule has 10 nitrogen and oxygen atoms in total. The molecule has 0 radical (unpaired) electrons. The van der Waals surface area contributed by atoms with Crippen molar-refractivity contribution in [2.75, 3.05) is 44.6 Å². The van der Waals surface area contributed by atoms with Crippen LogP contribution in [0.3, 0.4) is 0 Å². The lowest BCUT2D eigenvalue weighted by molar-refractivity contribution is -0.136. The quantitative estimate of drug-likeness (QED) is 0.474. The summed E-state index contributed by atoms with van der Waals surface area (Å²) in [5.74, 6) is 0.872. The SMILES string of the molecule is Cc1cc(NC2=NC=CN3C2=CNC=C3c2ccc(OC(F)F)cc2)ccc1C(=O)N1CCN(C(=O)[C@@H]2CCNC2)CC1. The van der Waals surface area contributed by atoms with Gasteiger partial charge in [0.15, 0.2) is 5.84 Å². The zero-order valence-electron chi connectivity index (χ0n) is 23.7.